The molecule has 90 valence electrons. The first-order valence-corrected chi connectivity index (χ1v) is 6.31. The number of nitrogens with one attached hydrogen (secondary N) is 1. The Bertz CT molecular complexity index is 517. The van der Waals surface area contributed by atoms with Crippen LogP contribution in [0, 0.1) is 0 Å². The highest BCUT2D eigenvalue weighted by Gasteiger charge is 2.13. The van der Waals surface area contributed by atoms with E-state index in [2.05, 4.69) is 16.3 Å². The van der Waals surface area contributed by atoms with Crippen molar-refractivity contribution in [3.63, 3.8) is 0 Å². The fourth-order valence-electron chi connectivity index (χ4n) is 2.25. The predicted molar refractivity (Wildman–Crippen MR) is 69.4 cm³/mol. The van der Waals surface area contributed by atoms with E-state index in [4.69, 9.17) is 16.0 Å². The molecule has 0 atom stereocenters. The van der Waals surface area contributed by atoms with Crippen molar-refractivity contribution in [1.29, 1.82) is 0 Å². The standard InChI is InChI=1S/C13H15ClN2O/c14-12-3-1-2-10-8-11(17-13(10)12)9-16-6-4-15-5-7-16/h1-3,8,15H,4-7,9H2. The van der Waals surface area contributed by atoms with Gasteiger partial charge in [-0.2, -0.15) is 0 Å². The summed E-state index contributed by atoms with van der Waals surface area (Å²) in [6.07, 6.45) is 0. The lowest BCUT2D eigenvalue weighted by molar-refractivity contribution is 0.218. The Kier molecular flexibility index (Phi) is 3.05. The number of para-hydroxylation sites is 1. The van der Waals surface area contributed by atoms with Crippen molar-refractivity contribution in [2.75, 3.05) is 26.2 Å². The summed E-state index contributed by atoms with van der Waals surface area (Å²) in [6, 6.07) is 7.94. The minimum atomic E-state index is 0.689. The summed E-state index contributed by atoms with van der Waals surface area (Å²) in [6.45, 7) is 5.13. The second kappa shape index (κ2) is 4.69. The van der Waals surface area contributed by atoms with Gasteiger partial charge in [0.2, 0.25) is 0 Å². The number of furan rings is 1. The minimum Gasteiger partial charge on any atom is -0.458 e. The number of fused-ring (bicyclic) bond motifs is 1. The second-order valence-corrected chi connectivity index (χ2v) is 4.80. The Morgan fingerprint density at radius 1 is 1.29 bits per heavy atom. The topological polar surface area (TPSA) is 28.4 Å². The SMILES string of the molecule is Clc1cccc2cc(CN3CCNCC3)oc12. The third kappa shape index (κ3) is 2.32. The molecule has 1 N–H and O–H groups in total. The first-order chi connectivity index (χ1) is 8.33. The third-order valence-electron chi connectivity index (χ3n) is 3.14. The van der Waals surface area contributed by atoms with E-state index in [0.717, 1.165) is 49.5 Å². The highest BCUT2D eigenvalue weighted by molar-refractivity contribution is 6.34. The molecule has 0 saturated carbocycles. The van der Waals surface area contributed by atoms with Crippen LogP contribution in [-0.2, 0) is 6.54 Å². The molecule has 0 unspecified atom stereocenters. The van der Waals surface area contributed by atoms with Crippen LogP contribution in [0.15, 0.2) is 28.7 Å². The average Bonchev–Trinajstić information content (AvgIpc) is 2.74. The normalized spacial score (nSPS) is 17.7. The molecule has 0 radical (unpaired) electrons. The molecule has 1 aliphatic heterocycles. The fraction of sp³-hybridized carbons (Fsp3) is 0.385. The summed E-state index contributed by atoms with van der Waals surface area (Å²) in [5, 5.41) is 5.12. The molecule has 0 spiro atoms. The molecule has 2 heterocycles. The quantitative estimate of drug-likeness (QED) is 0.888. The zero-order valence-corrected chi connectivity index (χ0v) is 10.3. The molecule has 1 aliphatic rings. The van der Waals surface area contributed by atoms with Gasteiger partial charge in [-0.05, 0) is 12.1 Å². The van der Waals surface area contributed by atoms with E-state index >= 15 is 0 Å². The summed E-state index contributed by atoms with van der Waals surface area (Å²) >= 11 is 6.10. The van der Waals surface area contributed by atoms with Crippen molar-refractivity contribution in [3.05, 3.63) is 35.0 Å². The number of halogens is 1. The molecule has 3 rings (SSSR count). The summed E-state index contributed by atoms with van der Waals surface area (Å²) in [5.41, 5.74) is 0.805. The number of hydrogen-bond donors (Lipinski definition) is 1. The van der Waals surface area contributed by atoms with Crippen LogP contribution >= 0.6 is 11.6 Å². The Labute approximate surface area is 105 Å². The Balaban J connectivity index is 1.83. The molecule has 0 amide bonds. The van der Waals surface area contributed by atoms with E-state index in [1.54, 1.807) is 0 Å². The number of benzene rings is 1. The van der Waals surface area contributed by atoms with Crippen molar-refractivity contribution in [2.45, 2.75) is 6.54 Å². The van der Waals surface area contributed by atoms with Gasteiger partial charge in [-0.15, -0.1) is 0 Å². The van der Waals surface area contributed by atoms with Crippen LogP contribution in [0.2, 0.25) is 5.02 Å². The summed E-state index contributed by atoms with van der Waals surface area (Å²) in [7, 11) is 0. The maximum atomic E-state index is 6.10. The highest BCUT2D eigenvalue weighted by Crippen LogP contribution is 2.27. The lowest BCUT2D eigenvalue weighted by Crippen LogP contribution is -2.42. The van der Waals surface area contributed by atoms with Crippen LogP contribution in [0.4, 0.5) is 0 Å². The second-order valence-electron chi connectivity index (χ2n) is 4.40. The molecule has 2 aromatic rings. The van der Waals surface area contributed by atoms with Gasteiger partial charge >= 0.3 is 0 Å². The van der Waals surface area contributed by atoms with Crippen molar-refractivity contribution in [3.8, 4) is 0 Å². The van der Waals surface area contributed by atoms with Gasteiger partial charge in [0.25, 0.3) is 0 Å². The van der Waals surface area contributed by atoms with Crippen LogP contribution in [0.5, 0.6) is 0 Å². The molecule has 17 heavy (non-hydrogen) atoms. The van der Waals surface area contributed by atoms with Gasteiger partial charge in [-0.3, -0.25) is 4.90 Å². The van der Waals surface area contributed by atoms with Crippen molar-refractivity contribution < 1.29 is 4.42 Å². The first kappa shape index (κ1) is 11.1. The molecule has 3 nitrogen and oxygen atoms in total. The predicted octanol–water partition coefficient (Wildman–Crippen LogP) is 2.49. The first-order valence-electron chi connectivity index (χ1n) is 5.93. The molecule has 0 aliphatic carbocycles. The van der Waals surface area contributed by atoms with Crippen LogP contribution in [-0.4, -0.2) is 31.1 Å². The van der Waals surface area contributed by atoms with Gasteiger partial charge in [0.1, 0.15) is 5.76 Å². The zero-order chi connectivity index (χ0) is 11.7. The summed E-state index contributed by atoms with van der Waals surface area (Å²) in [4.78, 5) is 2.39. The lowest BCUT2D eigenvalue weighted by Gasteiger charge is -2.26. The van der Waals surface area contributed by atoms with Crippen LogP contribution < -0.4 is 5.32 Å². The average molecular weight is 251 g/mol. The Morgan fingerprint density at radius 3 is 2.88 bits per heavy atom. The molecule has 4 heteroatoms. The lowest BCUT2D eigenvalue weighted by atomic mass is 10.2. The molecule has 1 aromatic heterocycles. The van der Waals surface area contributed by atoms with E-state index in [0.29, 0.717) is 5.02 Å². The molecule has 1 saturated heterocycles. The maximum absolute atomic E-state index is 6.10. The van der Waals surface area contributed by atoms with Crippen LogP contribution in [0.3, 0.4) is 0 Å². The van der Waals surface area contributed by atoms with E-state index in [1.165, 1.54) is 0 Å². The van der Waals surface area contributed by atoms with Crippen molar-refractivity contribution >= 4 is 22.6 Å². The monoisotopic (exact) mass is 250 g/mol. The molecule has 1 aromatic carbocycles. The smallest absolute Gasteiger partial charge is 0.152 e. The number of piperazine rings is 1. The van der Waals surface area contributed by atoms with E-state index in [1.807, 2.05) is 18.2 Å². The van der Waals surface area contributed by atoms with Gasteiger partial charge in [0, 0.05) is 31.6 Å². The van der Waals surface area contributed by atoms with Crippen LogP contribution in [0.25, 0.3) is 11.0 Å². The number of nitrogens with zero attached hydrogens (tertiary/aromatic N) is 1. The van der Waals surface area contributed by atoms with Crippen molar-refractivity contribution in [2.24, 2.45) is 0 Å². The largest absolute Gasteiger partial charge is 0.458 e. The minimum absolute atomic E-state index is 0.689. The van der Waals surface area contributed by atoms with Gasteiger partial charge in [0.15, 0.2) is 5.58 Å². The number of hydrogen-bond acceptors (Lipinski definition) is 3. The van der Waals surface area contributed by atoms with Gasteiger partial charge in [-0.1, -0.05) is 23.7 Å². The Hall–Kier alpha value is -1.03. The molecule has 0 bridgehead atoms. The summed E-state index contributed by atoms with van der Waals surface area (Å²) < 4.78 is 5.81. The van der Waals surface area contributed by atoms with E-state index < -0.39 is 0 Å². The number of rotatable bonds is 2. The Morgan fingerprint density at radius 2 is 2.12 bits per heavy atom. The maximum Gasteiger partial charge on any atom is 0.152 e. The van der Waals surface area contributed by atoms with Gasteiger partial charge in [-0.25, -0.2) is 0 Å². The van der Waals surface area contributed by atoms with Crippen molar-refractivity contribution in [1.82, 2.24) is 10.2 Å². The van der Waals surface area contributed by atoms with Gasteiger partial charge < -0.3 is 9.73 Å². The zero-order valence-electron chi connectivity index (χ0n) is 9.58. The van der Waals surface area contributed by atoms with Crippen LogP contribution in [0.1, 0.15) is 5.76 Å². The van der Waals surface area contributed by atoms with E-state index in [-0.39, 0.29) is 0 Å². The molecular weight excluding hydrogens is 236 g/mol. The summed E-state index contributed by atoms with van der Waals surface area (Å²) in [5.74, 6) is 0.995. The van der Waals surface area contributed by atoms with E-state index in [9.17, 15) is 0 Å². The molecular formula is C13H15ClN2O. The fourth-order valence-corrected chi connectivity index (χ4v) is 2.47. The van der Waals surface area contributed by atoms with Gasteiger partial charge in [0.05, 0.1) is 11.6 Å². The molecule has 1 fully saturated rings. The third-order valence-corrected chi connectivity index (χ3v) is 3.43. The highest BCUT2D eigenvalue weighted by atomic mass is 35.5.